The van der Waals surface area contributed by atoms with E-state index < -0.39 is 16.1 Å². The second-order valence-electron chi connectivity index (χ2n) is 7.64. The number of nitro groups is 1. The van der Waals surface area contributed by atoms with Gasteiger partial charge in [0.1, 0.15) is 6.61 Å². The van der Waals surface area contributed by atoms with Crippen molar-refractivity contribution in [2.75, 3.05) is 7.11 Å². The number of hydrogen-bond donors (Lipinski definition) is 0. The molecule has 2 amide bonds. The second kappa shape index (κ2) is 11.0. The molecule has 0 spiro atoms. The van der Waals surface area contributed by atoms with Gasteiger partial charge in [0.25, 0.3) is 16.8 Å². The number of nitro benzene ring substituents is 1. The molecule has 3 aromatic carbocycles. The number of non-ortho nitro benzene ring substituents is 1. The summed E-state index contributed by atoms with van der Waals surface area (Å²) in [6, 6.07) is 16.2. The van der Waals surface area contributed by atoms with Crippen molar-refractivity contribution in [1.29, 1.82) is 0 Å². The van der Waals surface area contributed by atoms with Gasteiger partial charge in [0.2, 0.25) is 0 Å². The quantitative estimate of drug-likeness (QED) is 0.176. The fourth-order valence-corrected chi connectivity index (χ4v) is 4.68. The Bertz CT molecular complexity index is 1380. The number of nitrogens with zero attached hydrogens (tertiary/aromatic N) is 2. The van der Waals surface area contributed by atoms with Gasteiger partial charge in [-0.1, -0.05) is 47.5 Å². The van der Waals surface area contributed by atoms with Gasteiger partial charge in [-0.3, -0.25) is 24.6 Å². The molecule has 1 aliphatic rings. The van der Waals surface area contributed by atoms with Crippen LogP contribution in [0.5, 0.6) is 11.5 Å². The first-order chi connectivity index (χ1) is 17.2. The Balaban J connectivity index is 1.52. The topological polar surface area (TPSA) is 99.0 Å². The molecule has 3 aromatic rings. The minimum atomic E-state index is -0.531. The van der Waals surface area contributed by atoms with Gasteiger partial charge in [-0.15, -0.1) is 0 Å². The Morgan fingerprint density at radius 3 is 2.50 bits per heavy atom. The summed E-state index contributed by atoms with van der Waals surface area (Å²) in [5.74, 6) is 0.193. The third-order valence-electron chi connectivity index (χ3n) is 5.18. The van der Waals surface area contributed by atoms with Crippen LogP contribution in [0.25, 0.3) is 6.08 Å². The Kier molecular flexibility index (Phi) is 7.83. The molecular formula is C25H18Cl2N2O6S. The molecule has 1 fully saturated rings. The van der Waals surface area contributed by atoms with Crippen LogP contribution in [0.4, 0.5) is 10.5 Å². The lowest BCUT2D eigenvalue weighted by molar-refractivity contribution is -0.384. The van der Waals surface area contributed by atoms with Gasteiger partial charge < -0.3 is 9.47 Å². The van der Waals surface area contributed by atoms with E-state index in [1.54, 1.807) is 30.3 Å². The van der Waals surface area contributed by atoms with Crippen LogP contribution in [-0.2, 0) is 17.9 Å². The minimum Gasteiger partial charge on any atom is -0.493 e. The summed E-state index contributed by atoms with van der Waals surface area (Å²) in [7, 11) is 1.47. The number of imide groups is 1. The van der Waals surface area contributed by atoms with Gasteiger partial charge in [0, 0.05) is 17.2 Å². The number of methoxy groups -OCH3 is 1. The van der Waals surface area contributed by atoms with Gasteiger partial charge in [-0.2, -0.15) is 0 Å². The van der Waals surface area contributed by atoms with Crippen LogP contribution >= 0.6 is 35.0 Å². The molecule has 184 valence electrons. The first kappa shape index (κ1) is 25.6. The van der Waals surface area contributed by atoms with E-state index in [0.29, 0.717) is 27.6 Å². The number of thioether (sulfide) groups is 1. The molecule has 4 rings (SSSR count). The fraction of sp³-hybridized carbons (Fsp3) is 0.120. The van der Waals surface area contributed by atoms with Crippen molar-refractivity contribution in [3.63, 3.8) is 0 Å². The van der Waals surface area contributed by atoms with Crippen molar-refractivity contribution >= 4 is 57.9 Å². The molecule has 0 aliphatic carbocycles. The van der Waals surface area contributed by atoms with Crippen molar-refractivity contribution in [2.24, 2.45) is 0 Å². The predicted molar refractivity (Wildman–Crippen MR) is 138 cm³/mol. The van der Waals surface area contributed by atoms with Crippen molar-refractivity contribution in [3.05, 3.63) is 102 Å². The van der Waals surface area contributed by atoms with Crippen LogP contribution in [0, 0.1) is 10.1 Å². The van der Waals surface area contributed by atoms with Crippen molar-refractivity contribution in [1.82, 2.24) is 4.90 Å². The van der Waals surface area contributed by atoms with E-state index in [2.05, 4.69) is 0 Å². The number of benzene rings is 3. The molecule has 1 saturated heterocycles. The Morgan fingerprint density at radius 1 is 1.06 bits per heavy atom. The van der Waals surface area contributed by atoms with E-state index in [0.717, 1.165) is 22.2 Å². The summed E-state index contributed by atoms with van der Waals surface area (Å²) in [6.45, 7) is 0.161. The number of hydrogen-bond acceptors (Lipinski definition) is 7. The molecule has 11 heteroatoms. The summed E-state index contributed by atoms with van der Waals surface area (Å²) in [5, 5.41) is 11.4. The standard InChI is InChI=1S/C25H18Cl2N2O6S/c1-34-21-11-17(10-20(27)23(21)35-14-15-5-7-18(26)8-6-15)12-22-24(30)28(25(31)36-22)13-16-3-2-4-19(9-16)29(32)33/h2-12H,13-14H2,1H3/b22-12+. The van der Waals surface area contributed by atoms with Gasteiger partial charge >= 0.3 is 0 Å². The number of amides is 2. The number of carbonyl (C=O) groups is 2. The zero-order valence-electron chi connectivity index (χ0n) is 18.8. The highest BCUT2D eigenvalue weighted by atomic mass is 35.5. The molecule has 0 saturated carbocycles. The van der Waals surface area contributed by atoms with Gasteiger partial charge in [0.15, 0.2) is 11.5 Å². The van der Waals surface area contributed by atoms with Crippen molar-refractivity contribution < 1.29 is 24.0 Å². The normalized spacial score (nSPS) is 14.4. The van der Waals surface area contributed by atoms with Crippen LogP contribution in [0.1, 0.15) is 16.7 Å². The lowest BCUT2D eigenvalue weighted by atomic mass is 10.1. The van der Waals surface area contributed by atoms with E-state index in [-0.39, 0.29) is 28.8 Å². The van der Waals surface area contributed by atoms with Crippen LogP contribution in [0.15, 0.2) is 65.6 Å². The smallest absolute Gasteiger partial charge is 0.293 e. The van der Waals surface area contributed by atoms with Crippen LogP contribution < -0.4 is 9.47 Å². The maximum atomic E-state index is 12.9. The van der Waals surface area contributed by atoms with Crippen LogP contribution in [0.3, 0.4) is 0 Å². The Hall–Kier alpha value is -3.53. The number of rotatable bonds is 8. The van der Waals surface area contributed by atoms with Gasteiger partial charge in [-0.25, -0.2) is 0 Å². The molecule has 1 aliphatic heterocycles. The molecule has 0 atom stereocenters. The van der Waals surface area contributed by atoms with E-state index in [4.69, 9.17) is 32.7 Å². The van der Waals surface area contributed by atoms with E-state index in [9.17, 15) is 19.7 Å². The summed E-state index contributed by atoms with van der Waals surface area (Å²) in [4.78, 5) is 37.1. The summed E-state index contributed by atoms with van der Waals surface area (Å²) in [6.07, 6.45) is 1.54. The first-order valence-corrected chi connectivity index (χ1v) is 12.1. The predicted octanol–water partition coefficient (Wildman–Crippen LogP) is 6.73. The summed E-state index contributed by atoms with van der Waals surface area (Å²) >= 11 is 13.1. The highest BCUT2D eigenvalue weighted by Crippen LogP contribution is 2.39. The largest absolute Gasteiger partial charge is 0.493 e. The molecule has 0 radical (unpaired) electrons. The molecule has 0 unspecified atom stereocenters. The van der Waals surface area contributed by atoms with E-state index in [1.807, 2.05) is 12.1 Å². The zero-order chi connectivity index (χ0) is 25.8. The molecule has 8 nitrogen and oxygen atoms in total. The lowest BCUT2D eigenvalue weighted by Gasteiger charge is -2.14. The van der Waals surface area contributed by atoms with E-state index >= 15 is 0 Å². The lowest BCUT2D eigenvalue weighted by Crippen LogP contribution is -2.27. The third-order valence-corrected chi connectivity index (χ3v) is 6.62. The van der Waals surface area contributed by atoms with Crippen molar-refractivity contribution in [3.8, 4) is 11.5 Å². The van der Waals surface area contributed by atoms with E-state index in [1.165, 1.54) is 31.4 Å². The number of halogens is 2. The average molecular weight is 545 g/mol. The first-order valence-electron chi connectivity index (χ1n) is 10.5. The van der Waals surface area contributed by atoms with Gasteiger partial charge in [0.05, 0.1) is 28.5 Å². The monoisotopic (exact) mass is 544 g/mol. The minimum absolute atomic E-state index is 0.0781. The highest BCUT2D eigenvalue weighted by molar-refractivity contribution is 8.18. The SMILES string of the molecule is COc1cc(/C=C2/SC(=O)N(Cc3cccc([N+](=O)[O-])c3)C2=O)cc(Cl)c1OCc1ccc(Cl)cc1. The fourth-order valence-electron chi connectivity index (χ4n) is 3.44. The average Bonchev–Trinajstić information content (AvgIpc) is 3.11. The summed E-state index contributed by atoms with van der Waals surface area (Å²) < 4.78 is 11.3. The third kappa shape index (κ3) is 5.81. The molecule has 0 aromatic heterocycles. The number of ether oxygens (including phenoxy) is 2. The van der Waals surface area contributed by atoms with Crippen molar-refractivity contribution in [2.45, 2.75) is 13.2 Å². The maximum Gasteiger partial charge on any atom is 0.293 e. The van der Waals surface area contributed by atoms with Crippen LogP contribution in [-0.4, -0.2) is 28.1 Å². The highest BCUT2D eigenvalue weighted by Gasteiger charge is 2.35. The molecule has 36 heavy (non-hydrogen) atoms. The Morgan fingerprint density at radius 2 is 1.81 bits per heavy atom. The molecular weight excluding hydrogens is 527 g/mol. The number of carbonyl (C=O) groups excluding carboxylic acids is 2. The molecule has 1 heterocycles. The molecule has 0 N–H and O–H groups in total. The summed E-state index contributed by atoms with van der Waals surface area (Å²) in [5.41, 5.74) is 1.78. The Labute approximate surface area is 220 Å². The maximum absolute atomic E-state index is 12.9. The second-order valence-corrected chi connectivity index (χ2v) is 9.48. The zero-order valence-corrected chi connectivity index (χ0v) is 21.1. The molecule has 0 bridgehead atoms. The van der Waals surface area contributed by atoms with Gasteiger partial charge in [-0.05, 0) is 58.8 Å². The van der Waals surface area contributed by atoms with Crippen LogP contribution in [0.2, 0.25) is 10.0 Å².